The summed E-state index contributed by atoms with van der Waals surface area (Å²) in [4.78, 5) is 27.5. The van der Waals surface area contributed by atoms with E-state index in [1.807, 2.05) is 42.5 Å². The Balaban J connectivity index is 1.25. The molecule has 0 bridgehead atoms. The molecule has 13 heteroatoms. The highest BCUT2D eigenvalue weighted by molar-refractivity contribution is 5.86. The largest absolute Gasteiger partial charge is 0.508 e. The van der Waals surface area contributed by atoms with Crippen molar-refractivity contribution in [3.63, 3.8) is 0 Å². The molecule has 1 saturated heterocycles. The van der Waals surface area contributed by atoms with E-state index in [4.69, 9.17) is 33.2 Å². The number of alkyl carbamates (subject to hydrolysis) is 1. The van der Waals surface area contributed by atoms with Gasteiger partial charge in [-0.15, -0.1) is 0 Å². The second kappa shape index (κ2) is 14.9. The van der Waals surface area contributed by atoms with Crippen LogP contribution in [0.25, 0.3) is 0 Å². The molecule has 1 unspecified atom stereocenters. The highest BCUT2D eigenvalue weighted by atomic mass is 16.7. The van der Waals surface area contributed by atoms with E-state index in [-0.39, 0.29) is 67.2 Å². The summed E-state index contributed by atoms with van der Waals surface area (Å²) in [6, 6.07) is 21.3. The Morgan fingerprint density at radius 3 is 2.19 bits per heavy atom. The summed E-state index contributed by atoms with van der Waals surface area (Å²) in [6.45, 7) is 0.318. The second-order valence-electron chi connectivity index (χ2n) is 12.9. The number of amides is 2. The van der Waals surface area contributed by atoms with Gasteiger partial charge in [0.2, 0.25) is 18.4 Å². The quantitative estimate of drug-likeness (QED) is 0.167. The Bertz CT molecular complexity index is 1890. The van der Waals surface area contributed by atoms with Gasteiger partial charge in [0, 0.05) is 31.3 Å². The number of aromatic hydroxyl groups is 2. The highest BCUT2D eigenvalue weighted by Crippen LogP contribution is 2.57. The van der Waals surface area contributed by atoms with Gasteiger partial charge in [-0.25, -0.2) is 4.79 Å². The molecule has 13 nitrogen and oxygen atoms in total. The minimum atomic E-state index is -1.05. The molecule has 4 aromatic carbocycles. The van der Waals surface area contributed by atoms with E-state index >= 15 is 0 Å². The summed E-state index contributed by atoms with van der Waals surface area (Å²) in [5.74, 6) is 0.0266. The normalized spacial score (nSPS) is 21.7. The monoisotopic (exact) mass is 712 g/mol. The lowest BCUT2D eigenvalue weighted by molar-refractivity contribution is -0.124. The number of benzene rings is 4. The third-order valence-electron chi connectivity index (χ3n) is 9.91. The summed E-state index contributed by atoms with van der Waals surface area (Å²) >= 11 is 0. The molecule has 7 rings (SSSR count). The zero-order valence-corrected chi connectivity index (χ0v) is 28.9. The summed E-state index contributed by atoms with van der Waals surface area (Å²) < 4.78 is 40.3. The van der Waals surface area contributed by atoms with Crippen molar-refractivity contribution >= 4 is 12.0 Å². The van der Waals surface area contributed by atoms with E-state index in [2.05, 4.69) is 10.6 Å². The first-order valence-corrected chi connectivity index (χ1v) is 16.9. The molecule has 1 fully saturated rings. The smallest absolute Gasteiger partial charge is 0.408 e. The number of hydrogen-bond acceptors (Lipinski definition) is 11. The van der Waals surface area contributed by atoms with Gasteiger partial charge < -0.3 is 54.0 Å². The van der Waals surface area contributed by atoms with Crippen LogP contribution in [0.1, 0.15) is 39.8 Å². The van der Waals surface area contributed by atoms with Crippen LogP contribution in [-0.2, 0) is 32.0 Å². The second-order valence-corrected chi connectivity index (χ2v) is 12.9. The number of ether oxygens (including phenoxy) is 7. The van der Waals surface area contributed by atoms with Crippen molar-refractivity contribution in [2.24, 2.45) is 11.8 Å². The van der Waals surface area contributed by atoms with Crippen LogP contribution in [0.5, 0.6) is 34.5 Å². The Morgan fingerprint density at radius 2 is 1.54 bits per heavy atom. The molecule has 6 atom stereocenters. The molecule has 2 heterocycles. The summed E-state index contributed by atoms with van der Waals surface area (Å²) in [5.41, 5.74) is 3.87. The Kier molecular flexibility index (Phi) is 9.97. The van der Waals surface area contributed by atoms with E-state index in [0.29, 0.717) is 17.1 Å². The fourth-order valence-corrected chi connectivity index (χ4v) is 7.45. The molecule has 0 aromatic heterocycles. The molecule has 4 aromatic rings. The van der Waals surface area contributed by atoms with E-state index in [0.717, 1.165) is 22.3 Å². The number of rotatable bonds is 11. The maximum atomic E-state index is 14.4. The molecular formula is C39H40N2O11. The first-order chi connectivity index (χ1) is 25.3. The van der Waals surface area contributed by atoms with Crippen molar-refractivity contribution in [1.82, 2.24) is 10.6 Å². The van der Waals surface area contributed by atoms with E-state index in [1.54, 1.807) is 31.4 Å². The maximum Gasteiger partial charge on any atom is 0.408 e. The molecule has 0 saturated carbocycles. The van der Waals surface area contributed by atoms with Crippen LogP contribution in [0.2, 0.25) is 0 Å². The van der Waals surface area contributed by atoms with E-state index in [9.17, 15) is 19.8 Å². The number of carbonyl (C=O) groups is 2. The molecule has 1 aliphatic carbocycles. The number of hydrogen-bond donors (Lipinski definition) is 4. The molecule has 0 spiro atoms. The molecule has 52 heavy (non-hydrogen) atoms. The van der Waals surface area contributed by atoms with Crippen LogP contribution >= 0.6 is 0 Å². The molecular weight excluding hydrogens is 672 g/mol. The van der Waals surface area contributed by atoms with Gasteiger partial charge in [0.1, 0.15) is 18.4 Å². The summed E-state index contributed by atoms with van der Waals surface area (Å²) in [7, 11) is 4.51. The molecule has 4 N–H and O–H groups in total. The number of phenols is 2. The lowest BCUT2D eigenvalue weighted by Crippen LogP contribution is -2.52. The number of nitrogens with one attached hydrogen (secondary N) is 2. The van der Waals surface area contributed by atoms with Crippen LogP contribution in [-0.4, -0.2) is 69.3 Å². The summed E-state index contributed by atoms with van der Waals surface area (Å²) in [6.07, 6.45) is -1.29. The molecule has 272 valence electrons. The van der Waals surface area contributed by atoms with Gasteiger partial charge in [-0.2, -0.15) is 0 Å². The van der Waals surface area contributed by atoms with Crippen LogP contribution in [0.3, 0.4) is 0 Å². The third-order valence-corrected chi connectivity index (χ3v) is 9.91. The molecule has 2 aliphatic heterocycles. The van der Waals surface area contributed by atoms with Crippen molar-refractivity contribution in [3.05, 3.63) is 107 Å². The predicted octanol–water partition coefficient (Wildman–Crippen LogP) is 4.92. The van der Waals surface area contributed by atoms with Crippen molar-refractivity contribution < 1.29 is 53.0 Å². The van der Waals surface area contributed by atoms with Gasteiger partial charge in [0.15, 0.2) is 29.3 Å². The average Bonchev–Trinajstić information content (AvgIpc) is 3.81. The standard InChI is InChI=1S/C39H40N2O11/c1-46-31-14-23(15-32(47-2)36(31)43)33-25-16-29-30(52-20-51-29)17-26(25)35(27-19-49-38(48-3)34(27)33)41-37(44)28(13-21-9-11-24(42)12-10-21)40-39(45)50-18-22-7-5-4-6-8-22/h4-12,14-17,27-28,33-35,38,42-43H,13,18-20H2,1-3H3,(H,40,45)(H,41,44)/t27-,28-,33+,34-,35+,38?/m0/s1. The molecule has 0 radical (unpaired) electrons. The maximum absolute atomic E-state index is 14.4. The SMILES string of the molecule is COc1cc([C@@H]2c3cc4c(cc3[C@@H](NC(=O)[C@H](Cc3ccc(O)cc3)NC(=O)OCc3ccccc3)[C@H]3COC(OC)[C@H]23)OCO4)cc(OC)c1O. The lowest BCUT2D eigenvalue weighted by Gasteiger charge is -2.42. The average molecular weight is 713 g/mol. The fourth-order valence-electron chi connectivity index (χ4n) is 7.45. The van der Waals surface area contributed by atoms with Crippen LogP contribution in [0.15, 0.2) is 78.9 Å². The zero-order chi connectivity index (χ0) is 36.4. The van der Waals surface area contributed by atoms with Crippen LogP contribution in [0.4, 0.5) is 4.79 Å². The minimum absolute atomic E-state index is 0.0249. The van der Waals surface area contributed by atoms with Gasteiger partial charge in [-0.1, -0.05) is 42.5 Å². The minimum Gasteiger partial charge on any atom is -0.508 e. The lowest BCUT2D eigenvalue weighted by atomic mass is 9.65. The number of carbonyl (C=O) groups excluding carboxylic acids is 2. The topological polar surface area (TPSA) is 163 Å². The first-order valence-electron chi connectivity index (χ1n) is 16.9. The first kappa shape index (κ1) is 34.8. The van der Waals surface area contributed by atoms with E-state index in [1.165, 1.54) is 26.4 Å². The van der Waals surface area contributed by atoms with Gasteiger partial charge >= 0.3 is 6.09 Å². The number of methoxy groups -OCH3 is 3. The van der Waals surface area contributed by atoms with Gasteiger partial charge in [0.05, 0.1) is 26.9 Å². The molecule has 3 aliphatic rings. The van der Waals surface area contributed by atoms with Gasteiger partial charge in [-0.3, -0.25) is 4.79 Å². The third kappa shape index (κ3) is 6.84. The predicted molar refractivity (Wildman–Crippen MR) is 186 cm³/mol. The zero-order valence-electron chi connectivity index (χ0n) is 28.9. The Hall–Kier alpha value is -5.66. The highest BCUT2D eigenvalue weighted by Gasteiger charge is 2.53. The van der Waals surface area contributed by atoms with Crippen molar-refractivity contribution in [1.29, 1.82) is 0 Å². The van der Waals surface area contributed by atoms with Gasteiger partial charge in [-0.05, 0) is 64.2 Å². The Labute approximate surface area is 300 Å². The van der Waals surface area contributed by atoms with Crippen molar-refractivity contribution in [2.45, 2.75) is 37.3 Å². The number of fused-ring (bicyclic) bond motifs is 3. The van der Waals surface area contributed by atoms with Crippen molar-refractivity contribution in [3.8, 4) is 34.5 Å². The van der Waals surface area contributed by atoms with Gasteiger partial charge in [0.25, 0.3) is 0 Å². The fraction of sp³-hybridized carbons (Fsp3) is 0.333. The summed E-state index contributed by atoms with van der Waals surface area (Å²) in [5, 5.41) is 26.6. The number of phenolic OH excluding ortho intramolecular Hbond substituents is 2. The van der Waals surface area contributed by atoms with Crippen LogP contribution in [0, 0.1) is 11.8 Å². The Morgan fingerprint density at radius 1 is 0.865 bits per heavy atom. The van der Waals surface area contributed by atoms with Crippen LogP contribution < -0.4 is 29.6 Å². The molecule has 2 amide bonds. The van der Waals surface area contributed by atoms with Crippen molar-refractivity contribution in [2.75, 3.05) is 34.7 Å². The van der Waals surface area contributed by atoms with E-state index < -0.39 is 30.4 Å².